The van der Waals surface area contributed by atoms with Gasteiger partial charge in [-0.25, -0.2) is 4.98 Å². The van der Waals surface area contributed by atoms with Gasteiger partial charge in [-0.3, -0.25) is 14.2 Å². The number of nitrogens with zero attached hydrogens (tertiary/aromatic N) is 3. The summed E-state index contributed by atoms with van der Waals surface area (Å²) in [6, 6.07) is 6.38. The van der Waals surface area contributed by atoms with Crippen LogP contribution in [0.25, 0.3) is 5.69 Å². The first-order chi connectivity index (χ1) is 14.8. The highest BCUT2D eigenvalue weighted by Crippen LogP contribution is 2.25. The zero-order valence-corrected chi connectivity index (χ0v) is 20.0. The molecule has 0 spiro atoms. The molecule has 2 aromatic rings. The Balaban J connectivity index is 1.53. The summed E-state index contributed by atoms with van der Waals surface area (Å²) in [5, 5.41) is 3.93. The molecule has 0 radical (unpaired) electrons. The molecule has 1 aliphatic heterocycles. The maximum atomic E-state index is 12.8. The van der Waals surface area contributed by atoms with Gasteiger partial charge >= 0.3 is 0 Å². The van der Waals surface area contributed by atoms with Crippen molar-refractivity contribution in [3.05, 3.63) is 41.7 Å². The van der Waals surface area contributed by atoms with Crippen LogP contribution < -0.4 is 5.32 Å². The molecule has 1 saturated heterocycles. The van der Waals surface area contributed by atoms with Crippen molar-refractivity contribution < 1.29 is 9.59 Å². The summed E-state index contributed by atoms with van der Waals surface area (Å²) in [6.07, 6.45) is 5.17. The Labute approximate surface area is 189 Å². The van der Waals surface area contributed by atoms with Crippen molar-refractivity contribution in [1.29, 1.82) is 0 Å². The third-order valence-electron chi connectivity index (χ3n) is 6.36. The van der Waals surface area contributed by atoms with Crippen LogP contribution in [0.5, 0.6) is 0 Å². The SMILES string of the molecule is Cc1cccc(-n2ccnc2SCC(=O)N2CCC(C(=O)NC(C)C(C)C)CC2)c1C. The van der Waals surface area contributed by atoms with Crippen molar-refractivity contribution in [2.24, 2.45) is 11.8 Å². The number of benzene rings is 1. The zero-order chi connectivity index (χ0) is 22.5. The van der Waals surface area contributed by atoms with Crippen LogP contribution in [0, 0.1) is 25.7 Å². The van der Waals surface area contributed by atoms with Gasteiger partial charge in [0.2, 0.25) is 11.8 Å². The second kappa shape index (κ2) is 10.4. The van der Waals surface area contributed by atoms with Crippen molar-refractivity contribution in [3.63, 3.8) is 0 Å². The predicted molar refractivity (Wildman–Crippen MR) is 126 cm³/mol. The first-order valence-electron chi connectivity index (χ1n) is 11.1. The van der Waals surface area contributed by atoms with E-state index in [2.05, 4.69) is 50.1 Å². The summed E-state index contributed by atoms with van der Waals surface area (Å²) in [5.41, 5.74) is 3.53. The lowest BCUT2D eigenvalue weighted by atomic mass is 9.95. The van der Waals surface area contributed by atoms with Gasteiger partial charge in [0, 0.05) is 37.4 Å². The van der Waals surface area contributed by atoms with Gasteiger partial charge in [0.25, 0.3) is 0 Å². The minimum absolute atomic E-state index is 0.00102. The van der Waals surface area contributed by atoms with E-state index in [1.165, 1.54) is 22.9 Å². The van der Waals surface area contributed by atoms with E-state index in [1.54, 1.807) is 6.20 Å². The molecule has 1 aliphatic rings. The summed E-state index contributed by atoms with van der Waals surface area (Å²) >= 11 is 1.46. The van der Waals surface area contributed by atoms with Crippen LogP contribution in [0.15, 0.2) is 35.7 Å². The van der Waals surface area contributed by atoms with E-state index in [1.807, 2.05) is 28.7 Å². The molecule has 1 N–H and O–H groups in total. The molecule has 1 unspecified atom stereocenters. The first-order valence-corrected chi connectivity index (χ1v) is 12.1. The molecule has 1 atom stereocenters. The number of aryl methyl sites for hydroxylation is 1. The van der Waals surface area contributed by atoms with Gasteiger partial charge in [0.15, 0.2) is 5.16 Å². The van der Waals surface area contributed by atoms with Crippen molar-refractivity contribution >= 4 is 23.6 Å². The molecule has 2 heterocycles. The summed E-state index contributed by atoms with van der Waals surface area (Å²) in [6.45, 7) is 11.7. The number of rotatable bonds is 7. The van der Waals surface area contributed by atoms with E-state index in [0.29, 0.717) is 24.8 Å². The standard InChI is InChI=1S/C24H34N4O2S/c1-16(2)19(5)26-23(30)20-9-12-27(13-10-20)22(29)15-31-24-25-11-14-28(24)21-8-6-7-17(3)18(21)4/h6-8,11,14,16,19-20H,9-10,12-13,15H2,1-5H3,(H,26,30). The zero-order valence-electron chi connectivity index (χ0n) is 19.2. The van der Waals surface area contributed by atoms with Crippen LogP contribution >= 0.6 is 11.8 Å². The lowest BCUT2D eigenvalue weighted by molar-refractivity contribution is -0.134. The highest BCUT2D eigenvalue weighted by Gasteiger charge is 2.28. The summed E-state index contributed by atoms with van der Waals surface area (Å²) in [5.74, 6) is 0.997. The fraction of sp³-hybridized carbons (Fsp3) is 0.542. The maximum Gasteiger partial charge on any atom is 0.233 e. The van der Waals surface area contributed by atoms with Gasteiger partial charge < -0.3 is 10.2 Å². The van der Waals surface area contributed by atoms with Gasteiger partial charge in [-0.15, -0.1) is 0 Å². The molecule has 6 nitrogen and oxygen atoms in total. The molecule has 1 fully saturated rings. The largest absolute Gasteiger partial charge is 0.353 e. The first kappa shape index (κ1) is 23.4. The fourth-order valence-corrected chi connectivity index (χ4v) is 4.56. The van der Waals surface area contributed by atoms with Crippen LogP contribution in [-0.4, -0.2) is 51.1 Å². The number of imidazole rings is 1. The van der Waals surface area contributed by atoms with Gasteiger partial charge in [-0.1, -0.05) is 37.7 Å². The number of carbonyl (C=O) groups excluding carboxylic acids is 2. The number of likely N-dealkylation sites (tertiary alicyclic amines) is 1. The Morgan fingerprint density at radius 3 is 2.58 bits per heavy atom. The Hall–Kier alpha value is -2.28. The Morgan fingerprint density at radius 2 is 1.90 bits per heavy atom. The lowest BCUT2D eigenvalue weighted by Gasteiger charge is -2.32. The highest BCUT2D eigenvalue weighted by atomic mass is 32.2. The maximum absolute atomic E-state index is 12.8. The molecular weight excluding hydrogens is 408 g/mol. The van der Waals surface area contributed by atoms with Gasteiger partial charge in [-0.2, -0.15) is 0 Å². The van der Waals surface area contributed by atoms with E-state index >= 15 is 0 Å². The van der Waals surface area contributed by atoms with Crippen LogP contribution in [-0.2, 0) is 9.59 Å². The molecule has 168 valence electrons. The average Bonchev–Trinajstić information content (AvgIpc) is 3.22. The van der Waals surface area contributed by atoms with E-state index in [0.717, 1.165) is 23.7 Å². The van der Waals surface area contributed by atoms with Crippen LogP contribution in [0.2, 0.25) is 0 Å². The Kier molecular flexibility index (Phi) is 7.81. The van der Waals surface area contributed by atoms with Crippen molar-refractivity contribution in [2.45, 2.75) is 58.7 Å². The van der Waals surface area contributed by atoms with E-state index in [9.17, 15) is 9.59 Å². The molecule has 1 aromatic carbocycles. The number of hydrogen-bond acceptors (Lipinski definition) is 4. The number of amides is 2. The highest BCUT2D eigenvalue weighted by molar-refractivity contribution is 7.99. The number of aromatic nitrogens is 2. The molecule has 0 bridgehead atoms. The van der Waals surface area contributed by atoms with Crippen molar-refractivity contribution in [2.75, 3.05) is 18.8 Å². The minimum atomic E-state index is 0.00102. The van der Waals surface area contributed by atoms with Crippen molar-refractivity contribution in [3.8, 4) is 5.69 Å². The minimum Gasteiger partial charge on any atom is -0.353 e. The van der Waals surface area contributed by atoms with Crippen molar-refractivity contribution in [1.82, 2.24) is 19.8 Å². The topological polar surface area (TPSA) is 67.2 Å². The second-order valence-corrected chi connectivity index (χ2v) is 9.73. The summed E-state index contributed by atoms with van der Waals surface area (Å²) < 4.78 is 2.05. The smallest absolute Gasteiger partial charge is 0.233 e. The molecule has 3 rings (SSSR count). The van der Waals surface area contributed by atoms with Gasteiger partial charge in [-0.05, 0) is 56.7 Å². The Bertz CT molecular complexity index is 916. The number of carbonyl (C=O) groups is 2. The van der Waals surface area contributed by atoms with Gasteiger partial charge in [0.05, 0.1) is 11.4 Å². The lowest BCUT2D eigenvalue weighted by Crippen LogP contribution is -2.46. The molecule has 0 saturated carbocycles. The quantitative estimate of drug-likeness (QED) is 0.659. The van der Waals surface area contributed by atoms with Gasteiger partial charge in [0.1, 0.15) is 0 Å². The predicted octanol–water partition coefficient (Wildman–Crippen LogP) is 3.98. The monoisotopic (exact) mass is 442 g/mol. The summed E-state index contributed by atoms with van der Waals surface area (Å²) in [7, 11) is 0. The van der Waals surface area contributed by atoms with E-state index < -0.39 is 0 Å². The molecule has 1 aromatic heterocycles. The molecule has 7 heteroatoms. The van der Waals surface area contributed by atoms with Crippen LogP contribution in [0.1, 0.15) is 44.7 Å². The van der Waals surface area contributed by atoms with Crippen LogP contribution in [0.3, 0.4) is 0 Å². The third kappa shape index (κ3) is 5.70. The normalized spacial score (nSPS) is 15.9. The van der Waals surface area contributed by atoms with E-state index in [4.69, 9.17) is 0 Å². The Morgan fingerprint density at radius 1 is 1.19 bits per heavy atom. The second-order valence-electron chi connectivity index (χ2n) is 8.78. The number of hydrogen-bond donors (Lipinski definition) is 1. The third-order valence-corrected chi connectivity index (χ3v) is 7.31. The molecule has 2 amide bonds. The number of nitrogens with one attached hydrogen (secondary N) is 1. The molecule has 0 aliphatic carbocycles. The molecule has 31 heavy (non-hydrogen) atoms. The number of piperidine rings is 1. The fourth-order valence-electron chi connectivity index (χ4n) is 3.69. The molecular formula is C24H34N4O2S. The average molecular weight is 443 g/mol. The number of thioether (sulfide) groups is 1. The van der Waals surface area contributed by atoms with E-state index in [-0.39, 0.29) is 23.8 Å². The van der Waals surface area contributed by atoms with Crippen LogP contribution in [0.4, 0.5) is 0 Å². The summed E-state index contributed by atoms with van der Waals surface area (Å²) in [4.78, 5) is 31.6.